The molecule has 0 aliphatic carbocycles. The highest BCUT2D eigenvalue weighted by Crippen LogP contribution is 2.24. The summed E-state index contributed by atoms with van der Waals surface area (Å²) in [6.45, 7) is 1.22. The number of aromatic nitrogens is 1. The van der Waals surface area contributed by atoms with E-state index in [1.807, 2.05) is 0 Å². The molecule has 0 unspecified atom stereocenters. The number of carbonyl (C=O) groups excluding carboxylic acids is 1. The van der Waals surface area contributed by atoms with Gasteiger partial charge in [0.15, 0.2) is 0 Å². The van der Waals surface area contributed by atoms with Gasteiger partial charge in [0.25, 0.3) is 5.91 Å². The molecule has 0 atom stereocenters. The fourth-order valence-corrected chi connectivity index (χ4v) is 4.63. The van der Waals surface area contributed by atoms with Gasteiger partial charge in [-0.1, -0.05) is 18.2 Å². The van der Waals surface area contributed by atoms with Gasteiger partial charge < -0.3 is 10.1 Å². The van der Waals surface area contributed by atoms with E-state index in [1.54, 1.807) is 12.1 Å². The lowest BCUT2D eigenvalue weighted by molar-refractivity contribution is 0.0730. The summed E-state index contributed by atoms with van der Waals surface area (Å²) in [5, 5.41) is 3.17. The van der Waals surface area contributed by atoms with Crippen molar-refractivity contribution in [3.63, 3.8) is 0 Å². The second-order valence-corrected chi connectivity index (χ2v) is 8.43. The third kappa shape index (κ3) is 3.84. The molecule has 0 spiro atoms. The molecule has 2 heterocycles. The first-order valence-corrected chi connectivity index (χ1v) is 10.4. The minimum absolute atomic E-state index is 0.0395. The summed E-state index contributed by atoms with van der Waals surface area (Å²) in [5.74, 6) is -0.988. The zero-order valence-electron chi connectivity index (χ0n) is 15.3. The largest absolute Gasteiger partial charge is 0.379 e. The number of nitrogens with zero attached hydrogens (tertiary/aromatic N) is 2. The third-order valence-corrected chi connectivity index (χ3v) is 6.57. The van der Waals surface area contributed by atoms with Crippen molar-refractivity contribution in [2.24, 2.45) is 0 Å². The maximum atomic E-state index is 13.9. The fourth-order valence-electron chi connectivity index (χ4n) is 3.18. The molecule has 1 aliphatic rings. The summed E-state index contributed by atoms with van der Waals surface area (Å²) in [6, 6.07) is 11.9. The molecule has 1 aliphatic heterocycles. The molecular formula is C20H18FN3O4S. The number of halogens is 1. The van der Waals surface area contributed by atoms with Crippen molar-refractivity contribution in [2.45, 2.75) is 4.90 Å². The average Bonchev–Trinajstić information content (AvgIpc) is 2.75. The Labute approximate surface area is 167 Å². The first-order chi connectivity index (χ1) is 14.0. The van der Waals surface area contributed by atoms with Gasteiger partial charge in [-0.25, -0.2) is 12.8 Å². The number of amides is 1. The van der Waals surface area contributed by atoms with Crippen LogP contribution in [0.15, 0.2) is 59.6 Å². The fraction of sp³-hybridized carbons (Fsp3) is 0.200. The van der Waals surface area contributed by atoms with Crippen LogP contribution in [-0.4, -0.2) is 49.9 Å². The molecule has 7 nitrogen and oxygen atoms in total. The number of para-hydroxylation sites is 1. The van der Waals surface area contributed by atoms with Crippen LogP contribution in [0.1, 0.15) is 10.4 Å². The minimum Gasteiger partial charge on any atom is -0.379 e. The van der Waals surface area contributed by atoms with Crippen LogP contribution in [0.4, 0.5) is 10.1 Å². The Hall–Kier alpha value is -2.88. The van der Waals surface area contributed by atoms with Crippen LogP contribution in [0.25, 0.3) is 10.9 Å². The van der Waals surface area contributed by atoms with Crippen molar-refractivity contribution in [1.29, 1.82) is 0 Å². The zero-order chi connectivity index (χ0) is 20.4. The van der Waals surface area contributed by atoms with E-state index in [0.29, 0.717) is 24.3 Å². The summed E-state index contributed by atoms with van der Waals surface area (Å²) < 4.78 is 46.1. The molecule has 29 heavy (non-hydrogen) atoms. The Morgan fingerprint density at radius 3 is 2.66 bits per heavy atom. The Morgan fingerprint density at radius 2 is 1.86 bits per heavy atom. The Kier molecular flexibility index (Phi) is 5.27. The van der Waals surface area contributed by atoms with Crippen LogP contribution in [0.2, 0.25) is 0 Å². The van der Waals surface area contributed by atoms with E-state index in [4.69, 9.17) is 4.74 Å². The first-order valence-electron chi connectivity index (χ1n) is 8.99. The number of hydrogen-bond acceptors (Lipinski definition) is 5. The Bertz CT molecular complexity index is 1180. The second kappa shape index (κ2) is 7.86. The van der Waals surface area contributed by atoms with Crippen LogP contribution in [0.3, 0.4) is 0 Å². The molecule has 0 radical (unpaired) electrons. The van der Waals surface area contributed by atoms with E-state index in [2.05, 4.69) is 10.3 Å². The summed E-state index contributed by atoms with van der Waals surface area (Å²) in [5.41, 5.74) is 0.718. The predicted octanol–water partition coefficient (Wildman–Crippen LogP) is 2.65. The van der Waals surface area contributed by atoms with Gasteiger partial charge >= 0.3 is 0 Å². The molecule has 3 aromatic rings. The second-order valence-electron chi connectivity index (χ2n) is 6.49. The summed E-state index contributed by atoms with van der Waals surface area (Å²) in [6.07, 6.45) is 1.40. The quantitative estimate of drug-likeness (QED) is 0.708. The van der Waals surface area contributed by atoms with E-state index in [1.165, 1.54) is 46.9 Å². The SMILES string of the molecule is O=C(Nc1ccnc2c(F)cccc12)c1cccc(S(=O)(=O)N2CCOCC2)c1. The highest BCUT2D eigenvalue weighted by molar-refractivity contribution is 7.89. The van der Waals surface area contributed by atoms with Crippen molar-refractivity contribution < 1.29 is 22.3 Å². The molecule has 150 valence electrons. The molecule has 0 bridgehead atoms. The van der Waals surface area contributed by atoms with E-state index < -0.39 is 21.7 Å². The van der Waals surface area contributed by atoms with E-state index in [9.17, 15) is 17.6 Å². The molecule has 1 fully saturated rings. The number of morpholine rings is 1. The highest BCUT2D eigenvalue weighted by atomic mass is 32.2. The number of fused-ring (bicyclic) bond motifs is 1. The van der Waals surface area contributed by atoms with Crippen molar-refractivity contribution in [3.8, 4) is 0 Å². The van der Waals surface area contributed by atoms with E-state index in [0.717, 1.165) is 0 Å². The minimum atomic E-state index is -3.72. The van der Waals surface area contributed by atoms with Crippen molar-refractivity contribution in [3.05, 3.63) is 66.1 Å². The van der Waals surface area contributed by atoms with Crippen LogP contribution in [-0.2, 0) is 14.8 Å². The summed E-state index contributed by atoms with van der Waals surface area (Å²) in [4.78, 5) is 16.8. The number of pyridine rings is 1. The normalized spacial score (nSPS) is 15.3. The van der Waals surface area contributed by atoms with Crippen molar-refractivity contribution in [2.75, 3.05) is 31.6 Å². The van der Waals surface area contributed by atoms with Gasteiger partial charge in [0.2, 0.25) is 10.0 Å². The zero-order valence-corrected chi connectivity index (χ0v) is 16.2. The van der Waals surface area contributed by atoms with E-state index in [-0.39, 0.29) is 29.1 Å². The lowest BCUT2D eigenvalue weighted by Crippen LogP contribution is -2.40. The maximum absolute atomic E-state index is 13.9. The third-order valence-electron chi connectivity index (χ3n) is 4.67. The number of carbonyl (C=O) groups is 1. The van der Waals surface area contributed by atoms with Crippen LogP contribution >= 0.6 is 0 Å². The number of rotatable bonds is 4. The van der Waals surface area contributed by atoms with Gasteiger partial charge in [0.1, 0.15) is 11.3 Å². The predicted molar refractivity (Wildman–Crippen MR) is 106 cm³/mol. The molecule has 1 aromatic heterocycles. The number of nitrogens with one attached hydrogen (secondary N) is 1. The number of sulfonamides is 1. The highest BCUT2D eigenvalue weighted by Gasteiger charge is 2.27. The number of hydrogen-bond donors (Lipinski definition) is 1. The molecular weight excluding hydrogens is 397 g/mol. The molecule has 1 N–H and O–H groups in total. The number of anilines is 1. The molecule has 1 amide bonds. The summed E-state index contributed by atoms with van der Waals surface area (Å²) >= 11 is 0. The molecule has 2 aromatic carbocycles. The van der Waals surface area contributed by atoms with Gasteiger partial charge in [0, 0.05) is 30.2 Å². The van der Waals surface area contributed by atoms with Crippen LogP contribution in [0, 0.1) is 5.82 Å². The number of ether oxygens (including phenoxy) is 1. The Balaban J connectivity index is 1.62. The monoisotopic (exact) mass is 415 g/mol. The lowest BCUT2D eigenvalue weighted by atomic mass is 10.1. The van der Waals surface area contributed by atoms with Crippen molar-refractivity contribution in [1.82, 2.24) is 9.29 Å². The maximum Gasteiger partial charge on any atom is 0.255 e. The van der Waals surface area contributed by atoms with Crippen molar-refractivity contribution >= 4 is 32.5 Å². The van der Waals surface area contributed by atoms with Gasteiger partial charge in [-0.15, -0.1) is 0 Å². The number of benzene rings is 2. The van der Waals surface area contributed by atoms with Gasteiger partial charge in [-0.05, 0) is 30.3 Å². The van der Waals surface area contributed by atoms with Crippen LogP contribution < -0.4 is 5.32 Å². The van der Waals surface area contributed by atoms with E-state index >= 15 is 0 Å². The Morgan fingerprint density at radius 1 is 1.10 bits per heavy atom. The molecule has 4 rings (SSSR count). The van der Waals surface area contributed by atoms with Crippen LogP contribution in [0.5, 0.6) is 0 Å². The van der Waals surface area contributed by atoms with Gasteiger partial charge in [0.05, 0.1) is 23.8 Å². The standard InChI is InChI=1S/C20H18FN3O4S/c21-17-6-2-5-16-18(7-8-22-19(16)17)23-20(25)14-3-1-4-15(13-14)29(26,27)24-9-11-28-12-10-24/h1-8,13H,9-12H2,(H,22,23,25). The lowest BCUT2D eigenvalue weighted by Gasteiger charge is -2.26. The molecule has 9 heteroatoms. The smallest absolute Gasteiger partial charge is 0.255 e. The topological polar surface area (TPSA) is 88.6 Å². The van der Waals surface area contributed by atoms with Gasteiger partial charge in [-0.2, -0.15) is 4.31 Å². The van der Waals surface area contributed by atoms with Gasteiger partial charge in [-0.3, -0.25) is 9.78 Å². The summed E-state index contributed by atoms with van der Waals surface area (Å²) in [7, 11) is -3.72. The molecule has 0 saturated carbocycles. The average molecular weight is 415 g/mol. The first kappa shape index (κ1) is 19.4. The molecule has 1 saturated heterocycles.